The number of aliphatic hydroxyl groups excluding tert-OH is 1. The molecular formula is C44H38MnN2O8. The van der Waals surface area contributed by atoms with Crippen LogP contribution in [0, 0.1) is 13.8 Å². The van der Waals surface area contributed by atoms with Crippen molar-refractivity contribution in [2.75, 3.05) is 0 Å². The monoisotopic (exact) mass is 778 g/mol. The number of aromatic nitrogens is 2. The maximum atomic E-state index is 11.0. The molecule has 55 heavy (non-hydrogen) atoms. The van der Waals surface area contributed by atoms with Crippen LogP contribution in [-0.4, -0.2) is 31.6 Å². The fraction of sp³-hybridized carbons (Fsp3) is 0.114. The van der Waals surface area contributed by atoms with Crippen LogP contribution in [0.5, 0.6) is 11.5 Å². The van der Waals surface area contributed by atoms with Crippen LogP contribution < -0.4 is 0 Å². The van der Waals surface area contributed by atoms with E-state index < -0.39 is 14.8 Å². The van der Waals surface area contributed by atoms with Gasteiger partial charge in [-0.3, -0.25) is 4.79 Å². The molecule has 0 fully saturated rings. The number of hydrogen-bond donors (Lipinski definition) is 3. The van der Waals surface area contributed by atoms with Crippen molar-refractivity contribution >= 4 is 28.5 Å². The summed E-state index contributed by atoms with van der Waals surface area (Å²) < 4.78 is 34.7. The second-order valence-electron chi connectivity index (χ2n) is 11.9. The Morgan fingerprint density at radius 1 is 0.655 bits per heavy atom. The normalized spacial score (nSPS) is 10.6. The van der Waals surface area contributed by atoms with E-state index in [1.165, 1.54) is 18.2 Å². The van der Waals surface area contributed by atoms with Crippen molar-refractivity contribution in [1.82, 2.24) is 9.97 Å². The second kappa shape index (κ2) is 18.6. The number of phenols is 2. The number of nitrogens with zero attached hydrogens (tertiary/aromatic N) is 2. The molecule has 11 heteroatoms. The van der Waals surface area contributed by atoms with Gasteiger partial charge in [-0.2, -0.15) is 0 Å². The Bertz CT molecular complexity index is 2620. The van der Waals surface area contributed by atoms with Crippen LogP contribution in [0.25, 0.3) is 67.4 Å². The summed E-state index contributed by atoms with van der Waals surface area (Å²) >= 11 is -1.44. The zero-order valence-electron chi connectivity index (χ0n) is 31.2. The number of oxazole rings is 2. The van der Waals surface area contributed by atoms with E-state index in [4.69, 9.17) is 17.9 Å². The summed E-state index contributed by atoms with van der Waals surface area (Å²) in [6.07, 6.45) is 0.602. The summed E-state index contributed by atoms with van der Waals surface area (Å²) in [4.78, 5) is 20.0. The van der Waals surface area contributed by atoms with Crippen molar-refractivity contribution in [1.29, 1.82) is 0 Å². The van der Waals surface area contributed by atoms with Gasteiger partial charge in [-0.25, -0.2) is 9.97 Å². The molecule has 0 aliphatic rings. The van der Waals surface area contributed by atoms with Gasteiger partial charge in [-0.05, 0) is 71.5 Å². The molecule has 279 valence electrons. The summed E-state index contributed by atoms with van der Waals surface area (Å²) in [6.45, 7) is 6.12. The molecule has 3 N–H and O–H groups in total. The Morgan fingerprint density at radius 2 is 1.07 bits per heavy atom. The summed E-state index contributed by atoms with van der Waals surface area (Å²) in [7, 11) is 0. The Kier molecular flexibility index (Phi) is 13.0. The van der Waals surface area contributed by atoms with E-state index in [0.29, 0.717) is 52.7 Å². The third-order valence-corrected chi connectivity index (χ3v) is 8.72. The minimum absolute atomic E-state index is 0.00691. The van der Waals surface area contributed by atoms with Gasteiger partial charge in [0.15, 0.2) is 17.5 Å². The molecule has 0 aliphatic carbocycles. The Labute approximate surface area is 324 Å². The number of benzene rings is 6. The van der Waals surface area contributed by atoms with Crippen molar-refractivity contribution in [3.05, 3.63) is 144 Å². The van der Waals surface area contributed by atoms with E-state index in [0.717, 1.165) is 44.5 Å². The molecule has 8 rings (SSSR count). The van der Waals surface area contributed by atoms with Gasteiger partial charge >= 0.3 is 22.5 Å². The first-order chi connectivity index (χ1) is 27.2. The molecule has 8 aromatic rings. The van der Waals surface area contributed by atoms with Crippen LogP contribution >= 0.6 is 0 Å². The third-order valence-electron chi connectivity index (χ3n) is 8.72. The number of hydrogen-bond acceptors (Lipinski definition) is 10. The summed E-state index contributed by atoms with van der Waals surface area (Å²) in [5.41, 5.74) is 11.1. The van der Waals surface area contributed by atoms with Gasteiger partial charge in [0.2, 0.25) is 11.8 Å². The molecule has 0 saturated carbocycles. The first-order valence-corrected chi connectivity index (χ1v) is 18.0. The molecule has 0 bridgehead atoms. The van der Waals surface area contributed by atoms with E-state index in [2.05, 4.69) is 46.4 Å². The van der Waals surface area contributed by atoms with Gasteiger partial charge in [-0.15, -0.1) is 0 Å². The fourth-order valence-electron chi connectivity index (χ4n) is 6.03. The summed E-state index contributed by atoms with van der Waals surface area (Å²) in [5, 5.41) is 29.0. The van der Waals surface area contributed by atoms with Crippen molar-refractivity contribution in [2.45, 2.75) is 34.3 Å². The number of rotatable bonds is 6. The van der Waals surface area contributed by atoms with E-state index in [1.807, 2.05) is 74.5 Å². The molecule has 0 atom stereocenters. The molecule has 0 radical (unpaired) electrons. The zero-order chi connectivity index (χ0) is 40.2. The summed E-state index contributed by atoms with van der Waals surface area (Å²) in [5.74, 6) is 0.861. The fourth-order valence-corrected chi connectivity index (χ4v) is 6.03. The SMILES string of the molecule is Cc1c(-c2ccccc2)cccc1-c1nc2cc(C=O)c(O)cc2o1.Cc1c(-c2ccccc2)cccc1-c1nc2cc(CO)c(O)cc2o1.[2H]CC.[O]=[Mn]=[O]. The van der Waals surface area contributed by atoms with E-state index in [1.54, 1.807) is 13.0 Å². The van der Waals surface area contributed by atoms with Gasteiger partial charge in [0, 0.05) is 30.2 Å². The molecule has 2 heterocycles. The Balaban J connectivity index is 0.000000188. The van der Waals surface area contributed by atoms with Crippen LogP contribution in [-0.2, 0) is 29.1 Å². The molecule has 10 nitrogen and oxygen atoms in total. The van der Waals surface area contributed by atoms with Crippen molar-refractivity contribution in [3.63, 3.8) is 0 Å². The van der Waals surface area contributed by atoms with Gasteiger partial charge in [0.1, 0.15) is 22.5 Å². The number of aromatic hydroxyl groups is 2. The number of aldehydes is 1. The number of aliphatic hydroxyl groups is 1. The predicted molar refractivity (Wildman–Crippen MR) is 207 cm³/mol. The second-order valence-corrected chi connectivity index (χ2v) is 12.1. The molecule has 6 aromatic carbocycles. The van der Waals surface area contributed by atoms with Crippen LogP contribution in [0.2, 0.25) is 0 Å². The molecular weight excluding hydrogens is 739 g/mol. The van der Waals surface area contributed by atoms with Crippen LogP contribution in [0.4, 0.5) is 0 Å². The number of phenolic OH excluding ortho intramolecular Hbond substituents is 1. The first kappa shape index (κ1) is 38.3. The van der Waals surface area contributed by atoms with E-state index in [-0.39, 0.29) is 23.7 Å². The van der Waals surface area contributed by atoms with Gasteiger partial charge in [-0.1, -0.05) is 98.8 Å². The van der Waals surface area contributed by atoms with E-state index in [9.17, 15) is 20.1 Å². The van der Waals surface area contributed by atoms with Crippen molar-refractivity contribution in [3.8, 4) is 56.7 Å². The Morgan fingerprint density at radius 3 is 1.51 bits per heavy atom. The van der Waals surface area contributed by atoms with Gasteiger partial charge in [0.05, 0.1) is 12.2 Å². The first-order valence-electron chi connectivity index (χ1n) is 17.7. The van der Waals surface area contributed by atoms with Crippen molar-refractivity contribution < 1.29 is 52.8 Å². The molecule has 0 saturated heterocycles. The van der Waals surface area contributed by atoms with Gasteiger partial charge < -0.3 is 24.2 Å². The third kappa shape index (κ3) is 8.88. The Hall–Kier alpha value is -6.39. The minimum atomic E-state index is -1.44. The zero-order valence-corrected chi connectivity index (χ0v) is 31.4. The molecule has 0 amide bonds. The number of fused-ring (bicyclic) bond motifs is 2. The number of carbonyl (C=O) groups excluding carboxylic acids is 1. The standard InChI is InChI=1S/C21H17NO3.C21H15NO3.C2H6.Mn.2O/c2*1-13-16(14-6-3-2-4-7-14)8-5-9-17(13)21-22-18-10-15(12-23)19(24)11-20(18)25-21;1-2;;;/h2-11,23-24H,12H2,1H3;2-12,24H,1H3;1-2H3;;;/i;;1D;;;. The van der Waals surface area contributed by atoms with Crippen LogP contribution in [0.15, 0.2) is 130 Å². The van der Waals surface area contributed by atoms with Crippen molar-refractivity contribution in [2.24, 2.45) is 0 Å². The summed E-state index contributed by atoms with van der Waals surface area (Å²) in [6, 6.07) is 38.4. The average molecular weight is 779 g/mol. The van der Waals surface area contributed by atoms with Crippen LogP contribution in [0.1, 0.15) is 42.2 Å². The predicted octanol–water partition coefficient (Wildman–Crippen LogP) is 10.4. The molecule has 0 spiro atoms. The number of carbonyl (C=O) groups is 1. The van der Waals surface area contributed by atoms with Gasteiger partial charge in [0.25, 0.3) is 0 Å². The average Bonchev–Trinajstić information content (AvgIpc) is 3.82. The van der Waals surface area contributed by atoms with Crippen LogP contribution in [0.3, 0.4) is 0 Å². The maximum absolute atomic E-state index is 11.0. The molecule has 0 unspecified atom stereocenters. The topological polar surface area (TPSA) is 164 Å². The van der Waals surface area contributed by atoms with E-state index >= 15 is 0 Å². The molecule has 2 aromatic heterocycles. The molecule has 0 aliphatic heterocycles. The quantitative estimate of drug-likeness (QED) is 0.109.